The summed E-state index contributed by atoms with van der Waals surface area (Å²) in [7, 11) is 0. The third-order valence-corrected chi connectivity index (χ3v) is 5.37. The van der Waals surface area contributed by atoms with Crippen LogP contribution < -0.4 is 10.3 Å². The Balaban J connectivity index is 1.80. The van der Waals surface area contributed by atoms with Crippen molar-refractivity contribution in [2.75, 3.05) is 0 Å². The van der Waals surface area contributed by atoms with Crippen LogP contribution in [0.1, 0.15) is 69.2 Å². The predicted octanol–water partition coefficient (Wildman–Crippen LogP) is 5.24. The Labute approximate surface area is 156 Å². The predicted molar refractivity (Wildman–Crippen MR) is 107 cm³/mol. The molecule has 1 heterocycles. The van der Waals surface area contributed by atoms with Gasteiger partial charge in [0, 0.05) is 11.8 Å². The highest BCUT2D eigenvalue weighted by Gasteiger charge is 2.23. The zero-order valence-corrected chi connectivity index (χ0v) is 16.3. The Bertz CT molecular complexity index is 764. The first-order valence-corrected chi connectivity index (χ1v) is 9.99. The molecule has 3 heteroatoms. The van der Waals surface area contributed by atoms with Crippen molar-refractivity contribution in [2.24, 2.45) is 5.92 Å². The van der Waals surface area contributed by atoms with Gasteiger partial charge in [-0.3, -0.25) is 4.79 Å². The van der Waals surface area contributed by atoms with Gasteiger partial charge in [0.05, 0.1) is 11.7 Å². The molecule has 0 saturated heterocycles. The summed E-state index contributed by atoms with van der Waals surface area (Å²) in [4.78, 5) is 15.8. The first-order chi connectivity index (χ1) is 12.5. The second kappa shape index (κ2) is 8.57. The maximum absolute atomic E-state index is 12.7. The average molecular weight is 354 g/mol. The summed E-state index contributed by atoms with van der Waals surface area (Å²) in [5, 5.41) is 0. The van der Waals surface area contributed by atoms with Crippen LogP contribution in [-0.4, -0.2) is 11.1 Å². The van der Waals surface area contributed by atoms with E-state index >= 15 is 0 Å². The maximum Gasteiger partial charge on any atom is 0.255 e. The normalized spacial score (nSPS) is 20.3. The highest BCUT2D eigenvalue weighted by Crippen LogP contribution is 2.30. The molecule has 1 aromatic carbocycles. The van der Waals surface area contributed by atoms with Crippen molar-refractivity contribution in [3.8, 4) is 5.75 Å². The van der Waals surface area contributed by atoms with Crippen LogP contribution in [0.25, 0.3) is 0 Å². The SMILES string of the molecule is CC1CCCC(Oc2cc(CCc3ccccc3)[nH]c(=O)c2C(C)C)C1. The van der Waals surface area contributed by atoms with Gasteiger partial charge in [-0.25, -0.2) is 0 Å². The van der Waals surface area contributed by atoms with E-state index < -0.39 is 0 Å². The van der Waals surface area contributed by atoms with Crippen LogP contribution in [0.2, 0.25) is 0 Å². The van der Waals surface area contributed by atoms with E-state index in [-0.39, 0.29) is 17.6 Å². The van der Waals surface area contributed by atoms with Crippen LogP contribution in [0.5, 0.6) is 5.75 Å². The Morgan fingerprint density at radius 2 is 1.92 bits per heavy atom. The van der Waals surface area contributed by atoms with Gasteiger partial charge < -0.3 is 9.72 Å². The molecule has 3 rings (SSSR count). The Kier molecular flexibility index (Phi) is 6.18. The van der Waals surface area contributed by atoms with Crippen molar-refractivity contribution in [1.82, 2.24) is 4.98 Å². The summed E-state index contributed by atoms with van der Waals surface area (Å²) in [6, 6.07) is 12.5. The van der Waals surface area contributed by atoms with Crippen LogP contribution in [-0.2, 0) is 12.8 Å². The summed E-state index contributed by atoms with van der Waals surface area (Å²) in [6.07, 6.45) is 6.64. The number of rotatable bonds is 6. The van der Waals surface area contributed by atoms with Gasteiger partial charge in [-0.2, -0.15) is 0 Å². The monoisotopic (exact) mass is 353 g/mol. The number of hydrogen-bond acceptors (Lipinski definition) is 2. The Morgan fingerprint density at radius 3 is 2.62 bits per heavy atom. The van der Waals surface area contributed by atoms with Crippen LogP contribution in [0.3, 0.4) is 0 Å². The molecule has 1 N–H and O–H groups in total. The van der Waals surface area contributed by atoms with Gasteiger partial charge in [0.2, 0.25) is 0 Å². The smallest absolute Gasteiger partial charge is 0.255 e. The summed E-state index contributed by atoms with van der Waals surface area (Å²) >= 11 is 0. The second-order valence-corrected chi connectivity index (χ2v) is 8.05. The van der Waals surface area contributed by atoms with Crippen molar-refractivity contribution in [3.63, 3.8) is 0 Å². The number of H-pyrrole nitrogens is 1. The van der Waals surface area contributed by atoms with Crippen LogP contribution >= 0.6 is 0 Å². The van der Waals surface area contributed by atoms with E-state index in [2.05, 4.69) is 56.1 Å². The molecule has 1 aliphatic carbocycles. The number of hydrogen-bond donors (Lipinski definition) is 1. The third kappa shape index (κ3) is 4.78. The van der Waals surface area contributed by atoms with Crippen LogP contribution in [0.4, 0.5) is 0 Å². The number of pyridine rings is 1. The molecular weight excluding hydrogens is 322 g/mol. The molecule has 26 heavy (non-hydrogen) atoms. The molecule has 1 aromatic heterocycles. The fourth-order valence-corrected chi connectivity index (χ4v) is 3.96. The summed E-state index contributed by atoms with van der Waals surface area (Å²) in [5.41, 5.74) is 3.03. The van der Waals surface area contributed by atoms with E-state index in [1.807, 2.05) is 6.07 Å². The molecular formula is C23H31NO2. The van der Waals surface area contributed by atoms with E-state index in [4.69, 9.17) is 4.74 Å². The lowest BCUT2D eigenvalue weighted by molar-refractivity contribution is 0.127. The van der Waals surface area contributed by atoms with Gasteiger partial charge in [-0.1, -0.05) is 57.5 Å². The first kappa shape index (κ1) is 18.8. The van der Waals surface area contributed by atoms with Crippen molar-refractivity contribution in [1.29, 1.82) is 0 Å². The molecule has 1 fully saturated rings. The molecule has 2 aromatic rings. The molecule has 0 amide bonds. The summed E-state index contributed by atoms with van der Waals surface area (Å²) in [6.45, 7) is 6.41. The lowest BCUT2D eigenvalue weighted by Crippen LogP contribution is -2.26. The molecule has 1 aliphatic rings. The average Bonchev–Trinajstić information content (AvgIpc) is 2.60. The van der Waals surface area contributed by atoms with Gasteiger partial charge in [0.1, 0.15) is 5.75 Å². The molecule has 3 nitrogen and oxygen atoms in total. The van der Waals surface area contributed by atoms with E-state index in [0.717, 1.165) is 42.7 Å². The first-order valence-electron chi connectivity index (χ1n) is 9.99. The number of nitrogens with one attached hydrogen (secondary N) is 1. The molecule has 0 radical (unpaired) electrons. The second-order valence-electron chi connectivity index (χ2n) is 8.05. The lowest BCUT2D eigenvalue weighted by atomic mass is 9.88. The molecule has 0 spiro atoms. The largest absolute Gasteiger partial charge is 0.490 e. The van der Waals surface area contributed by atoms with Gasteiger partial charge in [-0.15, -0.1) is 0 Å². The minimum absolute atomic E-state index is 0.00409. The van der Waals surface area contributed by atoms with Crippen LogP contribution in [0.15, 0.2) is 41.2 Å². The van der Waals surface area contributed by atoms with Gasteiger partial charge in [0.25, 0.3) is 5.56 Å². The number of aromatic amines is 1. The summed E-state index contributed by atoms with van der Waals surface area (Å²) in [5.74, 6) is 1.65. The van der Waals surface area contributed by atoms with Crippen molar-refractivity contribution in [2.45, 2.75) is 71.3 Å². The molecule has 2 atom stereocenters. The standard InChI is InChI=1S/C23H31NO2/c1-16(2)22-21(26-20-11-7-8-17(3)14-20)15-19(24-23(22)25)13-12-18-9-5-4-6-10-18/h4-6,9-10,15-17,20H,7-8,11-14H2,1-3H3,(H,24,25). The van der Waals surface area contributed by atoms with Crippen molar-refractivity contribution >= 4 is 0 Å². The van der Waals surface area contributed by atoms with Gasteiger partial charge in [-0.05, 0) is 49.5 Å². The molecule has 0 aliphatic heterocycles. The van der Waals surface area contributed by atoms with Crippen LogP contribution in [0, 0.1) is 5.92 Å². The molecule has 140 valence electrons. The Morgan fingerprint density at radius 1 is 1.15 bits per heavy atom. The fraction of sp³-hybridized carbons (Fsp3) is 0.522. The van der Waals surface area contributed by atoms with E-state index in [0.29, 0.717) is 5.92 Å². The summed E-state index contributed by atoms with van der Waals surface area (Å²) < 4.78 is 6.37. The Hall–Kier alpha value is -2.03. The number of aryl methyl sites for hydroxylation is 2. The number of ether oxygens (including phenoxy) is 1. The quantitative estimate of drug-likeness (QED) is 0.771. The zero-order valence-electron chi connectivity index (χ0n) is 16.3. The fourth-order valence-electron chi connectivity index (χ4n) is 3.96. The highest BCUT2D eigenvalue weighted by atomic mass is 16.5. The highest BCUT2D eigenvalue weighted by molar-refractivity contribution is 5.36. The molecule has 1 saturated carbocycles. The van der Waals surface area contributed by atoms with E-state index in [1.165, 1.54) is 18.4 Å². The van der Waals surface area contributed by atoms with E-state index in [1.54, 1.807) is 0 Å². The molecule has 0 bridgehead atoms. The number of benzene rings is 1. The minimum atomic E-state index is 0.00409. The van der Waals surface area contributed by atoms with Gasteiger partial charge >= 0.3 is 0 Å². The van der Waals surface area contributed by atoms with Gasteiger partial charge in [0.15, 0.2) is 0 Å². The third-order valence-electron chi connectivity index (χ3n) is 5.37. The minimum Gasteiger partial charge on any atom is -0.490 e. The maximum atomic E-state index is 12.7. The number of aromatic nitrogens is 1. The van der Waals surface area contributed by atoms with E-state index in [9.17, 15) is 4.79 Å². The molecule has 2 unspecified atom stereocenters. The zero-order chi connectivity index (χ0) is 18.5. The lowest BCUT2D eigenvalue weighted by Gasteiger charge is -2.28. The van der Waals surface area contributed by atoms with Crippen molar-refractivity contribution in [3.05, 3.63) is 63.6 Å². The topological polar surface area (TPSA) is 42.1 Å². The van der Waals surface area contributed by atoms with Crippen molar-refractivity contribution < 1.29 is 4.74 Å².